The summed E-state index contributed by atoms with van der Waals surface area (Å²) in [5.41, 5.74) is 5.95. The zero-order valence-electron chi connectivity index (χ0n) is 22.8. The molecule has 208 valence electrons. The lowest BCUT2D eigenvalue weighted by molar-refractivity contribution is 0.0741. The predicted molar refractivity (Wildman–Crippen MR) is 168 cm³/mol. The molecule has 0 spiro atoms. The number of thiazole rings is 1. The molecule has 2 aromatic heterocycles. The van der Waals surface area contributed by atoms with Crippen molar-refractivity contribution < 1.29 is 4.79 Å². The molecule has 0 aliphatic carbocycles. The number of anilines is 1. The van der Waals surface area contributed by atoms with Crippen LogP contribution >= 0.6 is 34.7 Å². The molecule has 1 saturated heterocycles. The van der Waals surface area contributed by atoms with E-state index in [1.165, 1.54) is 28.2 Å². The summed E-state index contributed by atoms with van der Waals surface area (Å²) in [6, 6.07) is 24.3. The first kappa shape index (κ1) is 27.5. The van der Waals surface area contributed by atoms with Crippen LogP contribution in [0.5, 0.6) is 0 Å². The number of hydrogen-bond acceptors (Lipinski definition) is 7. The van der Waals surface area contributed by atoms with Gasteiger partial charge in [-0.15, -0.1) is 21.5 Å². The summed E-state index contributed by atoms with van der Waals surface area (Å²) >= 11 is 9.58. The summed E-state index contributed by atoms with van der Waals surface area (Å²) in [6.45, 7) is 7.17. The van der Waals surface area contributed by atoms with E-state index in [1.54, 1.807) is 11.8 Å². The number of para-hydroxylation sites is 1. The standard InChI is InChI=1S/C31H29ClN6OS2/c1-21-11-13-23(14-12-21)38-29(24-8-4-5-9-25(24)32)34-35-31(38)41-20-28-33-26(19-40-28)30(39)37-17-15-36(16-18-37)27-10-6-3-7-22(27)2/h3-14,19H,15-18,20H2,1-2H3. The van der Waals surface area contributed by atoms with Crippen molar-refractivity contribution in [2.75, 3.05) is 31.1 Å². The zero-order valence-corrected chi connectivity index (χ0v) is 25.2. The number of aromatic nitrogens is 4. The van der Waals surface area contributed by atoms with Gasteiger partial charge in [-0.25, -0.2) is 4.98 Å². The lowest BCUT2D eigenvalue weighted by Crippen LogP contribution is -2.49. The fraction of sp³-hybridized carbons (Fsp3) is 0.226. The van der Waals surface area contributed by atoms with Crippen LogP contribution in [0.2, 0.25) is 5.02 Å². The summed E-state index contributed by atoms with van der Waals surface area (Å²) in [6.07, 6.45) is 0. The number of piperazine rings is 1. The number of carbonyl (C=O) groups is 1. The molecule has 1 aliphatic heterocycles. The van der Waals surface area contributed by atoms with E-state index in [2.05, 4.69) is 77.5 Å². The molecule has 6 rings (SSSR count). The van der Waals surface area contributed by atoms with Crippen molar-refractivity contribution in [2.24, 2.45) is 0 Å². The van der Waals surface area contributed by atoms with Gasteiger partial charge in [-0.1, -0.05) is 71.4 Å². The van der Waals surface area contributed by atoms with Crippen molar-refractivity contribution in [1.82, 2.24) is 24.6 Å². The molecule has 1 fully saturated rings. The Bertz CT molecular complexity index is 1670. The van der Waals surface area contributed by atoms with Crippen LogP contribution in [-0.4, -0.2) is 56.7 Å². The summed E-state index contributed by atoms with van der Waals surface area (Å²) < 4.78 is 2.03. The van der Waals surface area contributed by atoms with Crippen LogP contribution in [0.1, 0.15) is 26.6 Å². The van der Waals surface area contributed by atoms with Crippen LogP contribution in [0.4, 0.5) is 5.69 Å². The third-order valence-corrected chi connectivity index (χ3v) is 9.46. The Morgan fingerprint density at radius 3 is 2.41 bits per heavy atom. The van der Waals surface area contributed by atoms with Crippen molar-refractivity contribution >= 4 is 46.3 Å². The molecular weight excluding hydrogens is 572 g/mol. The van der Waals surface area contributed by atoms with Gasteiger partial charge in [0.1, 0.15) is 10.7 Å². The normalized spacial score (nSPS) is 13.5. The molecule has 5 aromatic rings. The van der Waals surface area contributed by atoms with E-state index in [-0.39, 0.29) is 5.91 Å². The fourth-order valence-electron chi connectivity index (χ4n) is 4.94. The Kier molecular flexibility index (Phi) is 8.09. The number of aryl methyl sites for hydroxylation is 2. The largest absolute Gasteiger partial charge is 0.368 e. The van der Waals surface area contributed by atoms with Gasteiger partial charge in [-0.3, -0.25) is 9.36 Å². The predicted octanol–water partition coefficient (Wildman–Crippen LogP) is 6.92. The van der Waals surface area contributed by atoms with E-state index >= 15 is 0 Å². The highest BCUT2D eigenvalue weighted by Crippen LogP contribution is 2.33. The molecule has 0 radical (unpaired) electrons. The Hall–Kier alpha value is -3.66. The molecule has 0 saturated carbocycles. The molecule has 3 heterocycles. The number of amides is 1. The van der Waals surface area contributed by atoms with Crippen LogP contribution in [0.3, 0.4) is 0 Å². The number of benzene rings is 3. The van der Waals surface area contributed by atoms with Gasteiger partial charge < -0.3 is 9.80 Å². The van der Waals surface area contributed by atoms with E-state index in [0.29, 0.717) is 35.4 Å². The Labute approximate surface area is 252 Å². The quantitative estimate of drug-likeness (QED) is 0.189. The first-order chi connectivity index (χ1) is 20.0. The van der Waals surface area contributed by atoms with Crippen LogP contribution in [-0.2, 0) is 5.75 Å². The molecule has 0 atom stereocenters. The maximum Gasteiger partial charge on any atom is 0.273 e. The second-order valence-corrected chi connectivity index (χ2v) is 12.2. The van der Waals surface area contributed by atoms with Gasteiger partial charge in [-0.2, -0.15) is 0 Å². The molecule has 0 unspecified atom stereocenters. The third-order valence-electron chi connectivity index (χ3n) is 7.16. The average Bonchev–Trinajstić information content (AvgIpc) is 3.64. The van der Waals surface area contributed by atoms with Gasteiger partial charge in [0.2, 0.25) is 0 Å². The number of hydrogen-bond donors (Lipinski definition) is 0. The maximum atomic E-state index is 13.3. The second kappa shape index (κ2) is 12.1. The fourth-order valence-corrected chi connectivity index (χ4v) is 6.90. The molecule has 41 heavy (non-hydrogen) atoms. The third kappa shape index (κ3) is 5.88. The number of rotatable bonds is 7. The Morgan fingerprint density at radius 2 is 1.66 bits per heavy atom. The number of carbonyl (C=O) groups excluding carboxylic acids is 1. The highest BCUT2D eigenvalue weighted by molar-refractivity contribution is 7.98. The monoisotopic (exact) mass is 600 g/mol. The first-order valence-electron chi connectivity index (χ1n) is 13.4. The summed E-state index contributed by atoms with van der Waals surface area (Å²) in [4.78, 5) is 22.2. The lowest BCUT2D eigenvalue weighted by Gasteiger charge is -2.36. The summed E-state index contributed by atoms with van der Waals surface area (Å²) in [7, 11) is 0. The van der Waals surface area contributed by atoms with Crippen LogP contribution in [0.15, 0.2) is 83.3 Å². The van der Waals surface area contributed by atoms with E-state index in [1.807, 2.05) is 39.1 Å². The molecule has 7 nitrogen and oxygen atoms in total. The van der Waals surface area contributed by atoms with E-state index in [0.717, 1.165) is 34.5 Å². The van der Waals surface area contributed by atoms with Gasteiger partial charge >= 0.3 is 0 Å². The topological polar surface area (TPSA) is 67.2 Å². The van der Waals surface area contributed by atoms with E-state index in [9.17, 15) is 4.79 Å². The van der Waals surface area contributed by atoms with Crippen LogP contribution in [0, 0.1) is 13.8 Å². The van der Waals surface area contributed by atoms with Crippen molar-refractivity contribution in [3.8, 4) is 17.1 Å². The van der Waals surface area contributed by atoms with Crippen LogP contribution in [0.25, 0.3) is 17.1 Å². The molecule has 3 aromatic carbocycles. The van der Waals surface area contributed by atoms with E-state index < -0.39 is 0 Å². The van der Waals surface area contributed by atoms with Crippen molar-refractivity contribution in [2.45, 2.75) is 24.8 Å². The highest BCUT2D eigenvalue weighted by atomic mass is 35.5. The van der Waals surface area contributed by atoms with Gasteiger partial charge in [-0.05, 0) is 49.7 Å². The van der Waals surface area contributed by atoms with Crippen molar-refractivity contribution in [1.29, 1.82) is 0 Å². The second-order valence-electron chi connectivity index (χ2n) is 9.94. The molecule has 1 aliphatic rings. The van der Waals surface area contributed by atoms with Gasteiger partial charge in [0.15, 0.2) is 11.0 Å². The minimum Gasteiger partial charge on any atom is -0.368 e. The lowest BCUT2D eigenvalue weighted by atomic mass is 10.1. The van der Waals surface area contributed by atoms with Gasteiger partial charge in [0.25, 0.3) is 5.91 Å². The molecule has 10 heteroatoms. The molecule has 1 amide bonds. The first-order valence-corrected chi connectivity index (χ1v) is 15.7. The maximum absolute atomic E-state index is 13.3. The molecule has 0 N–H and O–H groups in total. The van der Waals surface area contributed by atoms with Gasteiger partial charge in [0, 0.05) is 48.5 Å². The van der Waals surface area contributed by atoms with Crippen molar-refractivity contribution in [3.63, 3.8) is 0 Å². The average molecular weight is 601 g/mol. The van der Waals surface area contributed by atoms with Crippen LogP contribution < -0.4 is 4.90 Å². The van der Waals surface area contributed by atoms with Gasteiger partial charge in [0.05, 0.1) is 10.8 Å². The number of halogens is 1. The number of nitrogens with zero attached hydrogens (tertiary/aromatic N) is 6. The molecular formula is C31H29ClN6OS2. The summed E-state index contributed by atoms with van der Waals surface area (Å²) in [5, 5.41) is 13.1. The molecule has 0 bridgehead atoms. The van der Waals surface area contributed by atoms with Crippen molar-refractivity contribution in [3.05, 3.63) is 105 Å². The minimum absolute atomic E-state index is 0.00855. The smallest absolute Gasteiger partial charge is 0.273 e. The SMILES string of the molecule is Cc1ccc(-n2c(SCc3nc(C(=O)N4CCN(c5ccccc5C)CC4)cs3)nnc2-c2ccccc2Cl)cc1. The minimum atomic E-state index is -0.00855. The Morgan fingerprint density at radius 1 is 0.927 bits per heavy atom. The number of thioether (sulfide) groups is 1. The Balaban J connectivity index is 1.16. The summed E-state index contributed by atoms with van der Waals surface area (Å²) in [5.74, 6) is 1.25. The highest BCUT2D eigenvalue weighted by Gasteiger charge is 2.25. The zero-order chi connectivity index (χ0) is 28.3. The van der Waals surface area contributed by atoms with E-state index in [4.69, 9.17) is 16.6 Å².